The Hall–Kier alpha value is -1.15. The monoisotopic (exact) mass is 234 g/mol. The van der Waals surface area contributed by atoms with E-state index in [4.69, 9.17) is 14.6 Å². The van der Waals surface area contributed by atoms with Crippen molar-refractivity contribution in [1.29, 1.82) is 0 Å². The second-order valence-electron chi connectivity index (χ2n) is 3.55. The lowest BCUT2D eigenvalue weighted by molar-refractivity contribution is -0.284. The minimum absolute atomic E-state index is 0.191. The summed E-state index contributed by atoms with van der Waals surface area (Å²) < 4.78 is 9.71. The third-order valence-electron chi connectivity index (χ3n) is 2.13. The van der Waals surface area contributed by atoms with Gasteiger partial charge in [0, 0.05) is 0 Å². The zero-order valence-electron chi connectivity index (χ0n) is 8.61. The van der Waals surface area contributed by atoms with Crippen molar-refractivity contribution in [2.45, 2.75) is 37.6 Å². The summed E-state index contributed by atoms with van der Waals surface area (Å²) in [4.78, 5) is 10.7. The fourth-order valence-electron chi connectivity index (χ4n) is 1.35. The highest BCUT2D eigenvalue weighted by molar-refractivity contribution is 5.73. The van der Waals surface area contributed by atoms with Gasteiger partial charge in [0.1, 0.15) is 18.3 Å². The molecule has 7 heteroatoms. The van der Waals surface area contributed by atoms with Crippen LogP contribution in [0, 0.1) is 0 Å². The first-order chi connectivity index (χ1) is 7.34. The summed E-state index contributed by atoms with van der Waals surface area (Å²) >= 11 is 0. The number of carbonyl (C=O) groups is 1. The van der Waals surface area contributed by atoms with E-state index in [1.54, 1.807) is 0 Å². The molecule has 7 nitrogen and oxygen atoms in total. The minimum atomic E-state index is -1.71. The highest BCUT2D eigenvalue weighted by atomic mass is 16.7. The lowest BCUT2D eigenvalue weighted by Crippen LogP contribution is -2.60. The Morgan fingerprint density at radius 2 is 1.81 bits per heavy atom. The van der Waals surface area contributed by atoms with E-state index in [9.17, 15) is 20.1 Å². The summed E-state index contributed by atoms with van der Waals surface area (Å²) in [5.74, 6) is -1.26. The molecular formula is C9H14O7. The van der Waals surface area contributed by atoms with Crippen molar-refractivity contribution in [3.8, 4) is 0 Å². The number of hydrogen-bond donors (Lipinski definition) is 4. The maximum atomic E-state index is 10.7. The predicted octanol–water partition coefficient (Wildman–Crippen LogP) is -1.57. The average Bonchev–Trinajstić information content (AvgIpc) is 2.18. The van der Waals surface area contributed by atoms with Crippen molar-refractivity contribution in [1.82, 2.24) is 0 Å². The number of hydrogen-bond acceptors (Lipinski definition) is 6. The van der Waals surface area contributed by atoms with Gasteiger partial charge in [0.05, 0.1) is 5.76 Å². The van der Waals surface area contributed by atoms with Crippen LogP contribution in [0.2, 0.25) is 0 Å². The van der Waals surface area contributed by atoms with E-state index in [-0.39, 0.29) is 5.76 Å². The molecule has 1 fully saturated rings. The highest BCUT2D eigenvalue weighted by Gasteiger charge is 2.47. The first-order valence-electron chi connectivity index (χ1n) is 4.59. The van der Waals surface area contributed by atoms with E-state index < -0.39 is 36.7 Å². The Morgan fingerprint density at radius 3 is 2.25 bits per heavy atom. The molecular weight excluding hydrogens is 220 g/mol. The molecule has 0 bridgehead atoms. The van der Waals surface area contributed by atoms with Crippen molar-refractivity contribution < 1.29 is 34.7 Å². The standard InChI is InChI=1S/C9H14O7/c1-3(2)15-9-6(12)4(10)5(11)7(16-9)8(13)14/h4-7,9-12H,1H2,2H3,(H,13,14)/t4-,5-,6+,7-,9+/m1/s1. The molecule has 1 saturated heterocycles. The molecule has 0 saturated carbocycles. The van der Waals surface area contributed by atoms with Crippen LogP contribution >= 0.6 is 0 Å². The number of aliphatic carboxylic acids is 1. The Bertz CT molecular complexity index is 288. The summed E-state index contributed by atoms with van der Waals surface area (Å²) in [6, 6.07) is 0. The van der Waals surface area contributed by atoms with E-state index >= 15 is 0 Å². The second kappa shape index (κ2) is 4.79. The van der Waals surface area contributed by atoms with Crippen LogP contribution in [0.3, 0.4) is 0 Å². The normalized spacial score (nSPS) is 39.1. The summed E-state index contributed by atoms with van der Waals surface area (Å²) in [7, 11) is 0. The fourth-order valence-corrected chi connectivity index (χ4v) is 1.35. The number of aliphatic hydroxyl groups excluding tert-OH is 3. The summed E-state index contributed by atoms with van der Waals surface area (Å²) in [6.07, 6.45) is -7.92. The number of allylic oxidation sites excluding steroid dienone is 1. The molecule has 0 aliphatic carbocycles. The van der Waals surface area contributed by atoms with Gasteiger partial charge in [0.25, 0.3) is 0 Å². The lowest BCUT2D eigenvalue weighted by atomic mass is 9.99. The molecule has 0 aromatic heterocycles. The molecule has 0 aromatic carbocycles. The maximum absolute atomic E-state index is 10.7. The lowest BCUT2D eigenvalue weighted by Gasteiger charge is -2.38. The van der Waals surface area contributed by atoms with Crippen LogP contribution < -0.4 is 0 Å². The van der Waals surface area contributed by atoms with Crippen LogP contribution in [0.1, 0.15) is 6.92 Å². The molecule has 16 heavy (non-hydrogen) atoms. The Morgan fingerprint density at radius 1 is 1.25 bits per heavy atom. The van der Waals surface area contributed by atoms with Crippen molar-refractivity contribution in [2.24, 2.45) is 0 Å². The molecule has 5 atom stereocenters. The van der Waals surface area contributed by atoms with Crippen LogP contribution in [0.25, 0.3) is 0 Å². The summed E-state index contributed by atoms with van der Waals surface area (Å²) in [5.41, 5.74) is 0. The van der Waals surface area contributed by atoms with Gasteiger partial charge in [-0.1, -0.05) is 6.58 Å². The molecule has 0 unspecified atom stereocenters. The molecule has 0 radical (unpaired) electrons. The first kappa shape index (κ1) is 12.9. The van der Waals surface area contributed by atoms with E-state index in [1.165, 1.54) is 6.92 Å². The third kappa shape index (κ3) is 2.50. The van der Waals surface area contributed by atoms with Gasteiger partial charge in [-0.25, -0.2) is 4.79 Å². The largest absolute Gasteiger partial charge is 0.479 e. The minimum Gasteiger partial charge on any atom is -0.479 e. The number of carboxylic acid groups (broad SMARTS) is 1. The first-order valence-corrected chi connectivity index (χ1v) is 4.59. The van der Waals surface area contributed by atoms with Gasteiger partial charge >= 0.3 is 5.97 Å². The Labute approximate surface area is 91.5 Å². The molecule has 0 aromatic rings. The zero-order valence-corrected chi connectivity index (χ0v) is 8.61. The van der Waals surface area contributed by atoms with Gasteiger partial charge in [0.15, 0.2) is 6.10 Å². The quantitative estimate of drug-likeness (QED) is 0.436. The van der Waals surface area contributed by atoms with E-state index in [2.05, 4.69) is 6.58 Å². The van der Waals surface area contributed by atoms with Gasteiger partial charge in [-0.05, 0) is 6.92 Å². The van der Waals surface area contributed by atoms with Crippen LogP contribution in [-0.4, -0.2) is 57.1 Å². The molecule has 1 aliphatic heterocycles. The zero-order chi connectivity index (χ0) is 12.5. The summed E-state index contributed by atoms with van der Waals surface area (Å²) in [5, 5.41) is 36.9. The molecule has 1 aliphatic rings. The number of carboxylic acids is 1. The van der Waals surface area contributed by atoms with Gasteiger partial charge in [-0.3, -0.25) is 0 Å². The van der Waals surface area contributed by atoms with Crippen LogP contribution in [0.15, 0.2) is 12.3 Å². The average molecular weight is 234 g/mol. The van der Waals surface area contributed by atoms with Gasteiger partial charge in [-0.15, -0.1) is 0 Å². The van der Waals surface area contributed by atoms with E-state index in [1.807, 2.05) is 0 Å². The molecule has 1 rings (SSSR count). The highest BCUT2D eigenvalue weighted by Crippen LogP contribution is 2.23. The van der Waals surface area contributed by atoms with Crippen LogP contribution in [0.4, 0.5) is 0 Å². The van der Waals surface area contributed by atoms with Crippen molar-refractivity contribution in [3.05, 3.63) is 12.3 Å². The Kier molecular flexibility index (Phi) is 3.87. The van der Waals surface area contributed by atoms with Crippen molar-refractivity contribution >= 4 is 5.97 Å². The van der Waals surface area contributed by atoms with Crippen molar-refractivity contribution in [2.75, 3.05) is 0 Å². The molecule has 4 N–H and O–H groups in total. The fraction of sp³-hybridized carbons (Fsp3) is 0.667. The molecule has 0 spiro atoms. The SMILES string of the molecule is C=C(C)O[C@H]1O[C@@H](C(=O)O)[C@H](O)[C@@H](O)[C@@H]1O. The number of rotatable bonds is 3. The molecule has 0 amide bonds. The van der Waals surface area contributed by atoms with Crippen molar-refractivity contribution in [3.63, 3.8) is 0 Å². The molecule has 1 heterocycles. The van der Waals surface area contributed by atoms with E-state index in [0.29, 0.717) is 0 Å². The van der Waals surface area contributed by atoms with E-state index in [0.717, 1.165) is 0 Å². The summed E-state index contributed by atoms with van der Waals surface area (Å²) in [6.45, 7) is 4.87. The number of ether oxygens (including phenoxy) is 2. The Balaban J connectivity index is 2.80. The molecule has 92 valence electrons. The third-order valence-corrected chi connectivity index (χ3v) is 2.13. The topological polar surface area (TPSA) is 116 Å². The van der Waals surface area contributed by atoms with Gasteiger partial charge in [-0.2, -0.15) is 0 Å². The smallest absolute Gasteiger partial charge is 0.335 e. The van der Waals surface area contributed by atoms with Crippen LogP contribution in [0.5, 0.6) is 0 Å². The number of aliphatic hydroxyl groups is 3. The van der Waals surface area contributed by atoms with Crippen LogP contribution in [-0.2, 0) is 14.3 Å². The van der Waals surface area contributed by atoms with Gasteiger partial charge < -0.3 is 29.9 Å². The maximum Gasteiger partial charge on any atom is 0.335 e. The van der Waals surface area contributed by atoms with Gasteiger partial charge in [0.2, 0.25) is 6.29 Å². The predicted molar refractivity (Wildman–Crippen MR) is 50.2 cm³/mol. The second-order valence-corrected chi connectivity index (χ2v) is 3.55.